The summed E-state index contributed by atoms with van der Waals surface area (Å²) in [6.45, 7) is 2.63. The minimum absolute atomic E-state index is 0.341. The first-order valence-corrected chi connectivity index (χ1v) is 4.94. The van der Waals surface area contributed by atoms with Crippen LogP contribution < -0.4 is 10.9 Å². The molecular weight excluding hydrogens is 166 g/mol. The normalized spacial score (nSPS) is 24.6. The highest BCUT2D eigenvalue weighted by Crippen LogP contribution is 2.22. The molecule has 6 heteroatoms. The first-order chi connectivity index (χ1) is 4.87. The van der Waals surface area contributed by atoms with E-state index in [1.807, 2.05) is 6.92 Å². The standard InChI is InChI=1S/C5H13N3O2S/c1-2-5(6)3-8(4-5)11(7,9)10/h2-4,6H2,1H3,(H2,7,9,10). The van der Waals surface area contributed by atoms with Crippen LogP contribution in [0.4, 0.5) is 0 Å². The fourth-order valence-corrected chi connectivity index (χ4v) is 1.93. The van der Waals surface area contributed by atoms with E-state index in [4.69, 9.17) is 10.9 Å². The number of rotatable bonds is 2. The second-order valence-electron chi connectivity index (χ2n) is 3.03. The molecule has 0 atom stereocenters. The summed E-state index contributed by atoms with van der Waals surface area (Å²) in [5, 5.41) is 4.86. The van der Waals surface area contributed by atoms with Crippen molar-refractivity contribution in [2.75, 3.05) is 13.1 Å². The van der Waals surface area contributed by atoms with Crippen molar-refractivity contribution >= 4 is 10.2 Å². The van der Waals surface area contributed by atoms with Crippen LogP contribution >= 0.6 is 0 Å². The van der Waals surface area contributed by atoms with E-state index in [0.29, 0.717) is 13.1 Å². The molecule has 1 rings (SSSR count). The zero-order chi connectivity index (χ0) is 8.70. The Balaban J connectivity index is 2.54. The first-order valence-electron chi connectivity index (χ1n) is 3.44. The monoisotopic (exact) mass is 179 g/mol. The van der Waals surface area contributed by atoms with Gasteiger partial charge >= 0.3 is 0 Å². The quantitative estimate of drug-likeness (QED) is 0.547. The summed E-state index contributed by atoms with van der Waals surface area (Å²) in [5.41, 5.74) is 5.39. The van der Waals surface area contributed by atoms with Crippen LogP contribution in [-0.4, -0.2) is 31.4 Å². The molecular formula is C5H13N3O2S. The first kappa shape index (κ1) is 8.92. The highest BCUT2D eigenvalue weighted by atomic mass is 32.2. The molecule has 1 aliphatic heterocycles. The summed E-state index contributed by atoms with van der Waals surface area (Å²) >= 11 is 0. The van der Waals surface area contributed by atoms with Crippen LogP contribution in [0.3, 0.4) is 0 Å². The number of hydrogen-bond acceptors (Lipinski definition) is 3. The topological polar surface area (TPSA) is 89.4 Å². The zero-order valence-electron chi connectivity index (χ0n) is 6.45. The Kier molecular flexibility index (Phi) is 1.96. The van der Waals surface area contributed by atoms with Crippen LogP contribution in [0.5, 0.6) is 0 Å². The minimum Gasteiger partial charge on any atom is -0.323 e. The fraction of sp³-hybridized carbons (Fsp3) is 1.00. The third kappa shape index (κ3) is 1.70. The van der Waals surface area contributed by atoms with Crippen molar-refractivity contribution in [1.82, 2.24) is 4.31 Å². The molecule has 11 heavy (non-hydrogen) atoms. The molecule has 0 aromatic carbocycles. The SMILES string of the molecule is CCC1(N)CN(S(N)(=O)=O)C1. The Labute approximate surface area is 66.5 Å². The molecule has 1 heterocycles. The van der Waals surface area contributed by atoms with Crippen molar-refractivity contribution < 1.29 is 8.42 Å². The molecule has 0 aliphatic carbocycles. The van der Waals surface area contributed by atoms with Crippen LogP contribution in [0.15, 0.2) is 0 Å². The minimum atomic E-state index is -3.49. The van der Waals surface area contributed by atoms with Crippen LogP contribution in [0.25, 0.3) is 0 Å². The van der Waals surface area contributed by atoms with Crippen LogP contribution in [0.2, 0.25) is 0 Å². The summed E-state index contributed by atoms with van der Waals surface area (Å²) in [5.74, 6) is 0. The van der Waals surface area contributed by atoms with Crippen LogP contribution in [0.1, 0.15) is 13.3 Å². The van der Waals surface area contributed by atoms with E-state index in [9.17, 15) is 8.42 Å². The average Bonchev–Trinajstić information content (AvgIpc) is 1.78. The van der Waals surface area contributed by atoms with Gasteiger partial charge in [-0.05, 0) is 6.42 Å². The summed E-state index contributed by atoms with van der Waals surface area (Å²) in [4.78, 5) is 0. The summed E-state index contributed by atoms with van der Waals surface area (Å²) < 4.78 is 22.5. The lowest BCUT2D eigenvalue weighted by Crippen LogP contribution is -2.69. The highest BCUT2D eigenvalue weighted by Gasteiger charge is 2.42. The fourth-order valence-electron chi connectivity index (χ4n) is 1.06. The van der Waals surface area contributed by atoms with Crippen molar-refractivity contribution in [2.45, 2.75) is 18.9 Å². The predicted molar refractivity (Wildman–Crippen MR) is 41.9 cm³/mol. The third-order valence-corrected chi connectivity index (χ3v) is 3.02. The van der Waals surface area contributed by atoms with Gasteiger partial charge in [-0.15, -0.1) is 0 Å². The molecule has 5 nitrogen and oxygen atoms in total. The molecule has 0 spiro atoms. The lowest BCUT2D eigenvalue weighted by atomic mass is 9.91. The summed E-state index contributed by atoms with van der Waals surface area (Å²) in [7, 11) is -3.49. The summed E-state index contributed by atoms with van der Waals surface area (Å²) in [6.07, 6.45) is 0.777. The molecule has 0 unspecified atom stereocenters. The second kappa shape index (κ2) is 2.41. The van der Waals surface area contributed by atoms with E-state index in [1.165, 1.54) is 4.31 Å². The van der Waals surface area contributed by atoms with Crippen molar-refractivity contribution in [3.63, 3.8) is 0 Å². The van der Waals surface area contributed by atoms with Gasteiger partial charge < -0.3 is 5.73 Å². The van der Waals surface area contributed by atoms with Gasteiger partial charge in [0, 0.05) is 18.6 Å². The van der Waals surface area contributed by atoms with Gasteiger partial charge in [-0.3, -0.25) is 0 Å². The van der Waals surface area contributed by atoms with Gasteiger partial charge in [0.05, 0.1) is 0 Å². The summed E-state index contributed by atoms with van der Waals surface area (Å²) in [6, 6.07) is 0. The van der Waals surface area contributed by atoms with Gasteiger partial charge in [-0.2, -0.15) is 12.7 Å². The maximum Gasteiger partial charge on any atom is 0.277 e. The zero-order valence-corrected chi connectivity index (χ0v) is 7.26. The van der Waals surface area contributed by atoms with Crippen molar-refractivity contribution in [3.8, 4) is 0 Å². The van der Waals surface area contributed by atoms with Gasteiger partial charge in [0.15, 0.2) is 0 Å². The van der Waals surface area contributed by atoms with E-state index < -0.39 is 10.2 Å². The Hall–Kier alpha value is -0.170. The Morgan fingerprint density at radius 2 is 2.00 bits per heavy atom. The molecule has 1 fully saturated rings. The Morgan fingerprint density at radius 3 is 2.27 bits per heavy atom. The average molecular weight is 179 g/mol. The van der Waals surface area contributed by atoms with Gasteiger partial charge in [-0.1, -0.05) is 6.92 Å². The van der Waals surface area contributed by atoms with Crippen molar-refractivity contribution in [3.05, 3.63) is 0 Å². The number of nitrogens with zero attached hydrogens (tertiary/aromatic N) is 1. The van der Waals surface area contributed by atoms with E-state index in [2.05, 4.69) is 0 Å². The van der Waals surface area contributed by atoms with E-state index in [0.717, 1.165) is 6.42 Å². The number of hydrogen-bond donors (Lipinski definition) is 2. The van der Waals surface area contributed by atoms with Crippen LogP contribution in [0, 0.1) is 0 Å². The van der Waals surface area contributed by atoms with Gasteiger partial charge in [-0.25, -0.2) is 5.14 Å². The van der Waals surface area contributed by atoms with E-state index in [-0.39, 0.29) is 5.54 Å². The molecule has 0 aromatic heterocycles. The van der Waals surface area contributed by atoms with Gasteiger partial charge in [0.25, 0.3) is 10.2 Å². The second-order valence-corrected chi connectivity index (χ2v) is 4.58. The molecule has 0 aromatic rings. The van der Waals surface area contributed by atoms with E-state index in [1.54, 1.807) is 0 Å². The smallest absolute Gasteiger partial charge is 0.277 e. The lowest BCUT2D eigenvalue weighted by molar-refractivity contribution is 0.153. The maximum absolute atomic E-state index is 10.7. The van der Waals surface area contributed by atoms with Gasteiger partial charge in [0.2, 0.25) is 0 Å². The van der Waals surface area contributed by atoms with Crippen LogP contribution in [-0.2, 0) is 10.2 Å². The molecule has 0 saturated carbocycles. The predicted octanol–water partition coefficient (Wildman–Crippen LogP) is -1.39. The van der Waals surface area contributed by atoms with Crippen molar-refractivity contribution in [2.24, 2.45) is 10.9 Å². The Bertz CT molecular complexity index is 242. The van der Waals surface area contributed by atoms with E-state index >= 15 is 0 Å². The lowest BCUT2D eigenvalue weighted by Gasteiger charge is -2.45. The maximum atomic E-state index is 10.7. The molecule has 1 aliphatic rings. The number of nitrogens with two attached hydrogens (primary N) is 2. The van der Waals surface area contributed by atoms with Crippen molar-refractivity contribution in [1.29, 1.82) is 0 Å². The molecule has 66 valence electrons. The van der Waals surface area contributed by atoms with Gasteiger partial charge in [0.1, 0.15) is 0 Å². The highest BCUT2D eigenvalue weighted by molar-refractivity contribution is 7.86. The largest absolute Gasteiger partial charge is 0.323 e. The molecule has 0 radical (unpaired) electrons. The molecule has 4 N–H and O–H groups in total. The molecule has 0 amide bonds. The third-order valence-electron chi connectivity index (χ3n) is 2.05. The molecule has 1 saturated heterocycles. The molecule has 0 bridgehead atoms. The Morgan fingerprint density at radius 1 is 1.55 bits per heavy atom.